The van der Waals surface area contributed by atoms with Gasteiger partial charge in [0.2, 0.25) is 0 Å². The van der Waals surface area contributed by atoms with Crippen molar-refractivity contribution >= 4 is 5.82 Å². The molecule has 0 aliphatic rings. The summed E-state index contributed by atoms with van der Waals surface area (Å²) in [6, 6.07) is 4.68. The molecule has 1 unspecified atom stereocenters. The third-order valence-corrected chi connectivity index (χ3v) is 3.40. The van der Waals surface area contributed by atoms with Crippen molar-refractivity contribution in [3.05, 3.63) is 23.9 Å². The van der Waals surface area contributed by atoms with Crippen molar-refractivity contribution in [2.75, 3.05) is 25.0 Å². The average Bonchev–Trinajstić information content (AvgIpc) is 2.42. The van der Waals surface area contributed by atoms with Crippen LogP contribution in [0.5, 0.6) is 0 Å². The largest absolute Gasteiger partial charge is 0.360 e. The van der Waals surface area contributed by atoms with Gasteiger partial charge in [0.15, 0.2) is 0 Å². The van der Waals surface area contributed by atoms with Gasteiger partial charge >= 0.3 is 0 Å². The van der Waals surface area contributed by atoms with Gasteiger partial charge in [0, 0.05) is 25.8 Å². The van der Waals surface area contributed by atoms with E-state index < -0.39 is 0 Å². The summed E-state index contributed by atoms with van der Waals surface area (Å²) in [6.07, 6.45) is 4.36. The molecule has 0 bridgehead atoms. The lowest BCUT2D eigenvalue weighted by molar-refractivity contribution is 0.568. The Morgan fingerprint density at radius 3 is 2.53 bits per heavy atom. The molecule has 0 aliphatic carbocycles. The molecule has 0 aromatic carbocycles. The molecule has 3 nitrogen and oxygen atoms in total. The molecule has 1 N–H and O–H groups in total. The standard InChI is InChI=1S/C16H29N3/c1-6-10-17-14(4)15-7-8-16(18-12-15)19(5)11-9-13(2)3/h7-8,12-14,17H,6,9-11H2,1-5H3. The van der Waals surface area contributed by atoms with Gasteiger partial charge in [-0.25, -0.2) is 4.98 Å². The summed E-state index contributed by atoms with van der Waals surface area (Å²) in [5.41, 5.74) is 1.26. The Labute approximate surface area is 118 Å². The van der Waals surface area contributed by atoms with E-state index in [9.17, 15) is 0 Å². The van der Waals surface area contributed by atoms with E-state index in [-0.39, 0.29) is 0 Å². The van der Waals surface area contributed by atoms with Crippen LogP contribution < -0.4 is 10.2 Å². The smallest absolute Gasteiger partial charge is 0.128 e. The molecule has 1 rings (SSSR count). The molecule has 0 radical (unpaired) electrons. The van der Waals surface area contributed by atoms with Crippen LogP contribution in [-0.2, 0) is 0 Å². The molecule has 0 amide bonds. The minimum Gasteiger partial charge on any atom is -0.360 e. The van der Waals surface area contributed by atoms with Gasteiger partial charge in [0.25, 0.3) is 0 Å². The first kappa shape index (κ1) is 16.0. The fourth-order valence-corrected chi connectivity index (χ4v) is 1.92. The van der Waals surface area contributed by atoms with E-state index >= 15 is 0 Å². The van der Waals surface area contributed by atoms with Gasteiger partial charge in [-0.15, -0.1) is 0 Å². The minimum absolute atomic E-state index is 0.377. The molecular weight excluding hydrogens is 234 g/mol. The van der Waals surface area contributed by atoms with Gasteiger partial charge in [0.05, 0.1) is 0 Å². The van der Waals surface area contributed by atoms with Gasteiger partial charge in [-0.3, -0.25) is 0 Å². The topological polar surface area (TPSA) is 28.2 Å². The van der Waals surface area contributed by atoms with Crippen LogP contribution in [0.1, 0.15) is 52.1 Å². The van der Waals surface area contributed by atoms with Crippen LogP contribution in [0.25, 0.3) is 0 Å². The lowest BCUT2D eigenvalue weighted by Crippen LogP contribution is -2.22. The fourth-order valence-electron chi connectivity index (χ4n) is 1.92. The van der Waals surface area contributed by atoms with Crippen molar-refractivity contribution in [2.24, 2.45) is 5.92 Å². The van der Waals surface area contributed by atoms with E-state index in [0.29, 0.717) is 6.04 Å². The molecule has 1 heterocycles. The number of anilines is 1. The van der Waals surface area contributed by atoms with Crippen molar-refractivity contribution in [1.29, 1.82) is 0 Å². The molecule has 19 heavy (non-hydrogen) atoms. The zero-order valence-corrected chi connectivity index (χ0v) is 13.1. The molecule has 0 saturated heterocycles. The molecule has 1 aromatic rings. The SMILES string of the molecule is CCCNC(C)c1ccc(N(C)CCC(C)C)nc1. The van der Waals surface area contributed by atoms with Crippen LogP contribution in [0, 0.1) is 5.92 Å². The number of rotatable bonds is 8. The highest BCUT2D eigenvalue weighted by Gasteiger charge is 2.07. The maximum atomic E-state index is 4.57. The van der Waals surface area contributed by atoms with Gasteiger partial charge in [-0.1, -0.05) is 26.8 Å². The molecule has 0 saturated carbocycles. The lowest BCUT2D eigenvalue weighted by Gasteiger charge is -2.20. The third kappa shape index (κ3) is 5.60. The summed E-state index contributed by atoms with van der Waals surface area (Å²) in [5, 5.41) is 3.48. The Bertz CT molecular complexity index is 346. The van der Waals surface area contributed by atoms with Gasteiger partial charge in [0.1, 0.15) is 5.82 Å². The molecular formula is C16H29N3. The van der Waals surface area contributed by atoms with Gasteiger partial charge in [-0.05, 0) is 43.9 Å². The van der Waals surface area contributed by atoms with Crippen LogP contribution in [0.3, 0.4) is 0 Å². The minimum atomic E-state index is 0.377. The maximum absolute atomic E-state index is 4.57. The lowest BCUT2D eigenvalue weighted by atomic mass is 10.1. The maximum Gasteiger partial charge on any atom is 0.128 e. The Kier molecular flexibility index (Phi) is 6.85. The molecule has 0 spiro atoms. The van der Waals surface area contributed by atoms with E-state index in [1.54, 1.807) is 0 Å². The summed E-state index contributed by atoms with van der Waals surface area (Å²) in [4.78, 5) is 6.80. The van der Waals surface area contributed by atoms with Crippen molar-refractivity contribution in [3.8, 4) is 0 Å². The molecule has 1 atom stereocenters. The number of hydrogen-bond donors (Lipinski definition) is 1. The quantitative estimate of drug-likeness (QED) is 0.776. The highest BCUT2D eigenvalue weighted by atomic mass is 15.2. The number of hydrogen-bond acceptors (Lipinski definition) is 3. The van der Waals surface area contributed by atoms with Crippen LogP contribution in [-0.4, -0.2) is 25.1 Å². The predicted molar refractivity (Wildman–Crippen MR) is 83.7 cm³/mol. The zero-order chi connectivity index (χ0) is 14.3. The van der Waals surface area contributed by atoms with E-state index in [1.807, 2.05) is 6.20 Å². The zero-order valence-electron chi connectivity index (χ0n) is 13.1. The highest BCUT2D eigenvalue weighted by Crippen LogP contribution is 2.16. The molecule has 0 fully saturated rings. The second-order valence-corrected chi connectivity index (χ2v) is 5.73. The number of nitrogens with one attached hydrogen (secondary N) is 1. The second kappa shape index (κ2) is 8.16. The third-order valence-electron chi connectivity index (χ3n) is 3.40. The van der Waals surface area contributed by atoms with E-state index in [0.717, 1.165) is 31.2 Å². The first-order valence-electron chi connectivity index (χ1n) is 7.45. The van der Waals surface area contributed by atoms with Gasteiger partial charge < -0.3 is 10.2 Å². The first-order chi connectivity index (χ1) is 9.04. The monoisotopic (exact) mass is 263 g/mol. The van der Waals surface area contributed by atoms with Crippen LogP contribution >= 0.6 is 0 Å². The van der Waals surface area contributed by atoms with E-state index in [4.69, 9.17) is 0 Å². The first-order valence-corrected chi connectivity index (χ1v) is 7.45. The Hall–Kier alpha value is -1.09. The second-order valence-electron chi connectivity index (χ2n) is 5.73. The fraction of sp³-hybridized carbons (Fsp3) is 0.688. The van der Waals surface area contributed by atoms with Crippen molar-refractivity contribution in [1.82, 2.24) is 10.3 Å². The number of nitrogens with zero attached hydrogens (tertiary/aromatic N) is 2. The average molecular weight is 263 g/mol. The highest BCUT2D eigenvalue weighted by molar-refractivity contribution is 5.38. The summed E-state index contributed by atoms with van der Waals surface area (Å²) < 4.78 is 0. The molecule has 1 aromatic heterocycles. The van der Waals surface area contributed by atoms with Crippen LogP contribution in [0.2, 0.25) is 0 Å². The normalized spacial score (nSPS) is 12.7. The summed E-state index contributed by atoms with van der Waals surface area (Å²) in [7, 11) is 2.11. The van der Waals surface area contributed by atoms with E-state index in [2.05, 4.69) is 62.1 Å². The summed E-state index contributed by atoms with van der Waals surface area (Å²) in [6.45, 7) is 11.0. The van der Waals surface area contributed by atoms with Crippen molar-refractivity contribution < 1.29 is 0 Å². The summed E-state index contributed by atoms with van der Waals surface area (Å²) in [5.74, 6) is 1.80. The molecule has 108 valence electrons. The van der Waals surface area contributed by atoms with Crippen molar-refractivity contribution in [2.45, 2.75) is 46.6 Å². The van der Waals surface area contributed by atoms with E-state index in [1.165, 1.54) is 12.0 Å². The van der Waals surface area contributed by atoms with Crippen molar-refractivity contribution in [3.63, 3.8) is 0 Å². The van der Waals surface area contributed by atoms with Crippen LogP contribution in [0.4, 0.5) is 5.82 Å². The molecule has 3 heteroatoms. The predicted octanol–water partition coefficient (Wildman–Crippen LogP) is 3.62. The summed E-state index contributed by atoms with van der Waals surface area (Å²) >= 11 is 0. The Morgan fingerprint density at radius 2 is 2.00 bits per heavy atom. The van der Waals surface area contributed by atoms with Gasteiger partial charge in [-0.2, -0.15) is 0 Å². The Morgan fingerprint density at radius 1 is 1.26 bits per heavy atom. The number of pyridine rings is 1. The number of aromatic nitrogens is 1. The molecule has 0 aliphatic heterocycles. The Balaban J connectivity index is 2.55. The van der Waals surface area contributed by atoms with Crippen LogP contribution in [0.15, 0.2) is 18.3 Å².